The van der Waals surface area contributed by atoms with Crippen molar-refractivity contribution in [3.05, 3.63) is 64.7 Å². The van der Waals surface area contributed by atoms with Crippen LogP contribution in [0.3, 0.4) is 0 Å². The van der Waals surface area contributed by atoms with E-state index >= 15 is 0 Å². The Bertz CT molecular complexity index is 884. The highest BCUT2D eigenvalue weighted by Crippen LogP contribution is 2.33. The number of rotatable bonds is 6. The summed E-state index contributed by atoms with van der Waals surface area (Å²) < 4.78 is 6.19. The number of hydrogen-bond acceptors (Lipinski definition) is 4. The first-order valence-electron chi connectivity index (χ1n) is 11.3. The standard InChI is InChI=1S/C25H31N3O2/c29-25-22-6-3-7-24(23(22)17-28(25)21-5-4-12-26-15-21)30-18-20-10-8-19(9-11-20)16-27-13-1-2-14-27/h3,6-11,21,26H,1-2,4-5,12-18H2. The number of amides is 1. The first-order valence-corrected chi connectivity index (χ1v) is 11.3. The second-order valence-electron chi connectivity index (χ2n) is 8.80. The molecular weight excluding hydrogens is 374 g/mol. The van der Waals surface area contributed by atoms with E-state index in [1.165, 1.54) is 31.5 Å². The Balaban J connectivity index is 1.23. The first-order chi connectivity index (χ1) is 14.8. The lowest BCUT2D eigenvalue weighted by molar-refractivity contribution is 0.0674. The van der Waals surface area contributed by atoms with Crippen LogP contribution in [-0.2, 0) is 19.7 Å². The van der Waals surface area contributed by atoms with Crippen LogP contribution in [0, 0.1) is 0 Å². The van der Waals surface area contributed by atoms with Crippen LogP contribution in [0.4, 0.5) is 0 Å². The predicted octanol–water partition coefficient (Wildman–Crippen LogP) is 3.57. The van der Waals surface area contributed by atoms with Gasteiger partial charge < -0.3 is 15.0 Å². The number of benzene rings is 2. The van der Waals surface area contributed by atoms with Crippen molar-refractivity contribution in [2.45, 2.75) is 51.4 Å². The van der Waals surface area contributed by atoms with Crippen molar-refractivity contribution < 1.29 is 9.53 Å². The maximum Gasteiger partial charge on any atom is 0.254 e. The van der Waals surface area contributed by atoms with Crippen molar-refractivity contribution >= 4 is 5.91 Å². The van der Waals surface area contributed by atoms with Crippen molar-refractivity contribution in [1.82, 2.24) is 15.1 Å². The number of fused-ring (bicyclic) bond motifs is 1. The second-order valence-corrected chi connectivity index (χ2v) is 8.80. The highest BCUT2D eigenvalue weighted by Gasteiger charge is 2.35. The second kappa shape index (κ2) is 8.78. The molecule has 0 spiro atoms. The molecule has 0 aliphatic carbocycles. The normalized spacial score (nSPS) is 21.8. The lowest BCUT2D eigenvalue weighted by Crippen LogP contribution is -2.46. The van der Waals surface area contributed by atoms with E-state index in [9.17, 15) is 4.79 Å². The average molecular weight is 406 g/mol. The van der Waals surface area contributed by atoms with Crippen LogP contribution in [0.1, 0.15) is 52.7 Å². The van der Waals surface area contributed by atoms with Crippen LogP contribution >= 0.6 is 0 Å². The molecule has 0 saturated carbocycles. The number of nitrogens with zero attached hydrogens (tertiary/aromatic N) is 2. The Kier molecular flexibility index (Phi) is 5.73. The summed E-state index contributed by atoms with van der Waals surface area (Å²) in [5.41, 5.74) is 4.37. The van der Waals surface area contributed by atoms with Gasteiger partial charge in [0.1, 0.15) is 12.4 Å². The molecule has 5 rings (SSSR count). The van der Waals surface area contributed by atoms with Crippen LogP contribution in [0.5, 0.6) is 5.75 Å². The molecule has 2 aromatic carbocycles. The zero-order valence-corrected chi connectivity index (χ0v) is 17.6. The molecule has 1 amide bonds. The summed E-state index contributed by atoms with van der Waals surface area (Å²) in [5.74, 6) is 0.990. The molecule has 1 atom stereocenters. The van der Waals surface area contributed by atoms with Crippen LogP contribution in [0.2, 0.25) is 0 Å². The van der Waals surface area contributed by atoms with E-state index in [-0.39, 0.29) is 11.9 Å². The molecule has 5 heteroatoms. The number of carbonyl (C=O) groups is 1. The van der Waals surface area contributed by atoms with E-state index in [2.05, 4.69) is 34.5 Å². The summed E-state index contributed by atoms with van der Waals surface area (Å²) in [5, 5.41) is 3.42. The van der Waals surface area contributed by atoms with Crippen LogP contribution in [-0.4, -0.2) is 47.9 Å². The van der Waals surface area contributed by atoms with E-state index < -0.39 is 0 Å². The van der Waals surface area contributed by atoms with Crippen molar-refractivity contribution in [2.24, 2.45) is 0 Å². The molecule has 5 nitrogen and oxygen atoms in total. The van der Waals surface area contributed by atoms with Crippen molar-refractivity contribution in [3.63, 3.8) is 0 Å². The minimum atomic E-state index is 0.149. The van der Waals surface area contributed by atoms with E-state index in [1.807, 2.05) is 23.1 Å². The number of ether oxygens (including phenoxy) is 1. The van der Waals surface area contributed by atoms with Crippen LogP contribution in [0.25, 0.3) is 0 Å². The maximum absolute atomic E-state index is 12.9. The minimum absolute atomic E-state index is 0.149. The monoisotopic (exact) mass is 405 g/mol. The van der Waals surface area contributed by atoms with Gasteiger partial charge in [-0.25, -0.2) is 0 Å². The van der Waals surface area contributed by atoms with E-state index in [4.69, 9.17) is 4.74 Å². The van der Waals surface area contributed by atoms with Gasteiger partial charge in [-0.3, -0.25) is 9.69 Å². The SMILES string of the molecule is O=C1c2cccc(OCc3ccc(CN4CCCC4)cc3)c2CN1C1CCCNC1. The Morgan fingerprint density at radius 1 is 1.00 bits per heavy atom. The van der Waals surface area contributed by atoms with Gasteiger partial charge >= 0.3 is 0 Å². The predicted molar refractivity (Wildman–Crippen MR) is 117 cm³/mol. The van der Waals surface area contributed by atoms with Crippen molar-refractivity contribution in [2.75, 3.05) is 26.2 Å². The molecule has 3 heterocycles. The number of carbonyl (C=O) groups excluding carboxylic acids is 1. The smallest absolute Gasteiger partial charge is 0.254 e. The highest BCUT2D eigenvalue weighted by atomic mass is 16.5. The first kappa shape index (κ1) is 19.6. The number of hydrogen-bond donors (Lipinski definition) is 1. The van der Waals surface area contributed by atoms with Crippen LogP contribution in [0.15, 0.2) is 42.5 Å². The quantitative estimate of drug-likeness (QED) is 0.798. The maximum atomic E-state index is 12.9. The van der Waals surface area contributed by atoms with Crippen molar-refractivity contribution in [3.8, 4) is 5.75 Å². The molecule has 3 aliphatic heterocycles. The third kappa shape index (κ3) is 4.09. The highest BCUT2D eigenvalue weighted by molar-refractivity contribution is 5.99. The van der Waals surface area contributed by atoms with Gasteiger partial charge in [-0.05, 0) is 68.6 Å². The van der Waals surface area contributed by atoms with Gasteiger partial charge in [0.25, 0.3) is 5.91 Å². The van der Waals surface area contributed by atoms with E-state index in [0.29, 0.717) is 13.2 Å². The van der Waals surface area contributed by atoms with Crippen LogP contribution < -0.4 is 10.1 Å². The third-order valence-corrected chi connectivity index (χ3v) is 6.69. The average Bonchev–Trinajstić information content (AvgIpc) is 3.42. The van der Waals surface area contributed by atoms with E-state index in [1.54, 1.807) is 0 Å². The fraction of sp³-hybridized carbons (Fsp3) is 0.480. The third-order valence-electron chi connectivity index (χ3n) is 6.69. The van der Waals surface area contributed by atoms with Gasteiger partial charge in [0, 0.05) is 30.3 Å². The largest absolute Gasteiger partial charge is 0.489 e. The summed E-state index contributed by atoms with van der Waals surface area (Å²) in [6.45, 7) is 6.61. The summed E-state index contributed by atoms with van der Waals surface area (Å²) in [6.07, 6.45) is 4.85. The number of piperidine rings is 1. The molecule has 0 bridgehead atoms. The van der Waals surface area contributed by atoms with Gasteiger partial charge in [0.05, 0.1) is 6.54 Å². The molecule has 2 saturated heterocycles. The summed E-state index contributed by atoms with van der Waals surface area (Å²) in [4.78, 5) is 17.5. The zero-order valence-electron chi connectivity index (χ0n) is 17.6. The Hall–Kier alpha value is -2.37. The lowest BCUT2D eigenvalue weighted by Gasteiger charge is -2.31. The molecule has 1 unspecified atom stereocenters. The number of nitrogens with one attached hydrogen (secondary N) is 1. The fourth-order valence-electron chi connectivity index (χ4n) is 4.96. The topological polar surface area (TPSA) is 44.8 Å². The molecular formula is C25H31N3O2. The van der Waals surface area contributed by atoms with E-state index in [0.717, 1.165) is 54.9 Å². The molecule has 158 valence electrons. The molecule has 30 heavy (non-hydrogen) atoms. The Morgan fingerprint density at radius 2 is 1.80 bits per heavy atom. The minimum Gasteiger partial charge on any atom is -0.489 e. The van der Waals surface area contributed by atoms with Gasteiger partial charge in [-0.2, -0.15) is 0 Å². The summed E-state index contributed by atoms with van der Waals surface area (Å²) >= 11 is 0. The van der Waals surface area contributed by atoms with Gasteiger partial charge in [0.15, 0.2) is 0 Å². The number of likely N-dealkylation sites (tertiary alicyclic amines) is 1. The molecule has 3 aliphatic rings. The molecule has 2 fully saturated rings. The molecule has 0 aromatic heterocycles. The Morgan fingerprint density at radius 3 is 2.57 bits per heavy atom. The fourth-order valence-corrected chi connectivity index (χ4v) is 4.96. The molecule has 1 N–H and O–H groups in total. The van der Waals surface area contributed by atoms with Crippen molar-refractivity contribution in [1.29, 1.82) is 0 Å². The summed E-state index contributed by atoms with van der Waals surface area (Å²) in [7, 11) is 0. The van der Waals surface area contributed by atoms with Gasteiger partial charge in [-0.1, -0.05) is 30.3 Å². The van der Waals surface area contributed by atoms with Gasteiger partial charge in [0.2, 0.25) is 0 Å². The van der Waals surface area contributed by atoms with Gasteiger partial charge in [-0.15, -0.1) is 0 Å². The molecule has 2 aromatic rings. The summed E-state index contributed by atoms with van der Waals surface area (Å²) in [6, 6.07) is 14.9. The Labute approximate surface area is 179 Å². The lowest BCUT2D eigenvalue weighted by atomic mass is 10.1. The molecule has 0 radical (unpaired) electrons. The zero-order chi connectivity index (χ0) is 20.3.